The Labute approximate surface area is 195 Å². The second kappa shape index (κ2) is 7.85. The van der Waals surface area contributed by atoms with Crippen LogP contribution in [0.1, 0.15) is 43.6 Å². The summed E-state index contributed by atoms with van der Waals surface area (Å²) in [4.78, 5) is 12.3. The second-order valence-electron chi connectivity index (χ2n) is 9.61. The molecule has 9 heteroatoms. The van der Waals surface area contributed by atoms with E-state index in [1.807, 2.05) is 12.1 Å². The maximum absolute atomic E-state index is 12.6. The van der Waals surface area contributed by atoms with Crippen molar-refractivity contribution >= 4 is 34.2 Å². The summed E-state index contributed by atoms with van der Waals surface area (Å²) in [5.41, 5.74) is 0.986. The smallest absolute Gasteiger partial charge is 0.238 e. The molecule has 1 aromatic heterocycles. The van der Waals surface area contributed by atoms with Gasteiger partial charge < -0.3 is 20.1 Å². The summed E-state index contributed by atoms with van der Waals surface area (Å²) < 4.78 is 18.2. The molecule has 3 atom stereocenters. The lowest BCUT2D eigenvalue weighted by Crippen LogP contribution is -2.49. The zero-order valence-electron chi connectivity index (χ0n) is 17.8. The van der Waals surface area contributed by atoms with E-state index in [1.54, 1.807) is 0 Å². The number of nitrogens with one attached hydrogen (secondary N) is 1. The quantitative estimate of drug-likeness (QED) is 0.685. The number of aliphatic hydroxyl groups is 1. The summed E-state index contributed by atoms with van der Waals surface area (Å²) in [7, 11) is -1.29. The van der Waals surface area contributed by atoms with Gasteiger partial charge in [-0.3, -0.25) is 4.21 Å². The lowest BCUT2D eigenvalue weighted by atomic mass is 9.77. The van der Waals surface area contributed by atoms with Crippen molar-refractivity contribution in [3.8, 4) is 5.88 Å². The van der Waals surface area contributed by atoms with E-state index < -0.39 is 10.8 Å². The van der Waals surface area contributed by atoms with Crippen LogP contribution in [0.3, 0.4) is 0 Å². The van der Waals surface area contributed by atoms with E-state index in [0.717, 1.165) is 37.4 Å². The Balaban J connectivity index is 1.30. The largest absolute Gasteiger partial charge is 0.463 e. The van der Waals surface area contributed by atoms with Crippen molar-refractivity contribution in [2.45, 2.75) is 48.5 Å². The Morgan fingerprint density at radius 3 is 2.53 bits per heavy atom. The summed E-state index contributed by atoms with van der Waals surface area (Å²) in [6, 6.07) is 8.30. The molecule has 4 aliphatic rings. The topological polar surface area (TPSA) is 87.6 Å². The highest BCUT2D eigenvalue weighted by atomic mass is 35.5. The van der Waals surface area contributed by atoms with Crippen molar-refractivity contribution in [3.63, 3.8) is 0 Å². The molecule has 0 amide bonds. The van der Waals surface area contributed by atoms with Crippen molar-refractivity contribution in [2.75, 3.05) is 35.9 Å². The van der Waals surface area contributed by atoms with Crippen molar-refractivity contribution in [1.82, 2.24) is 9.97 Å². The molecule has 2 aliphatic carbocycles. The fourth-order valence-electron chi connectivity index (χ4n) is 5.91. The average molecular weight is 475 g/mol. The fourth-order valence-corrected chi connectivity index (χ4v) is 6.98. The maximum atomic E-state index is 12.6. The number of hydrogen-bond donors (Lipinski definition) is 2. The number of hydrogen-bond acceptors (Lipinski definition) is 7. The number of piperidine rings is 1. The van der Waals surface area contributed by atoms with Gasteiger partial charge in [0.2, 0.25) is 11.8 Å². The van der Waals surface area contributed by atoms with Gasteiger partial charge in [-0.05, 0) is 67.6 Å². The third kappa shape index (κ3) is 3.38. The van der Waals surface area contributed by atoms with Crippen LogP contribution in [-0.4, -0.2) is 50.5 Å². The van der Waals surface area contributed by atoms with Gasteiger partial charge in [-0.2, -0.15) is 9.97 Å². The fraction of sp³-hybridized carbons (Fsp3) is 0.565. The molecule has 3 heterocycles. The molecule has 170 valence electrons. The van der Waals surface area contributed by atoms with Crippen molar-refractivity contribution in [2.24, 2.45) is 11.8 Å². The van der Waals surface area contributed by atoms with E-state index in [9.17, 15) is 9.32 Å². The average Bonchev–Trinajstić information content (AvgIpc) is 3.27. The molecule has 2 aromatic rings. The van der Waals surface area contributed by atoms with Crippen LogP contribution in [0.25, 0.3) is 0 Å². The first-order chi connectivity index (χ1) is 15.5. The number of rotatable bonds is 5. The summed E-state index contributed by atoms with van der Waals surface area (Å²) in [5, 5.41) is 14.1. The van der Waals surface area contributed by atoms with Crippen LogP contribution in [0, 0.1) is 11.8 Å². The van der Waals surface area contributed by atoms with E-state index in [4.69, 9.17) is 21.3 Å². The Kier molecular flexibility index (Phi) is 5.08. The van der Waals surface area contributed by atoms with Crippen LogP contribution >= 0.6 is 11.6 Å². The minimum absolute atomic E-state index is 0.0330. The molecule has 0 radical (unpaired) electrons. The summed E-state index contributed by atoms with van der Waals surface area (Å²) in [6.07, 6.45) is 5.20. The molecule has 6 rings (SSSR count). The minimum atomic E-state index is -1.29. The van der Waals surface area contributed by atoms with Crippen LogP contribution in [0.5, 0.6) is 5.88 Å². The number of fused-ring (bicyclic) bond motifs is 3. The van der Waals surface area contributed by atoms with Gasteiger partial charge in [-0.15, -0.1) is 0 Å². The number of halogens is 1. The number of nitrogens with zero attached hydrogens (tertiary/aromatic N) is 3. The third-order valence-electron chi connectivity index (χ3n) is 7.72. The van der Waals surface area contributed by atoms with Gasteiger partial charge in [0.1, 0.15) is 15.7 Å². The van der Waals surface area contributed by atoms with E-state index in [1.165, 1.54) is 18.4 Å². The molecule has 2 aliphatic heterocycles. The van der Waals surface area contributed by atoms with E-state index in [0.29, 0.717) is 40.3 Å². The highest BCUT2D eigenvalue weighted by molar-refractivity contribution is 7.85. The summed E-state index contributed by atoms with van der Waals surface area (Å²) >= 11 is 6.10. The van der Waals surface area contributed by atoms with E-state index >= 15 is 0 Å². The normalized spacial score (nSPS) is 29.9. The molecule has 2 N–H and O–H groups in total. The predicted octanol–water partition coefficient (Wildman–Crippen LogP) is 3.54. The molecule has 1 saturated heterocycles. The van der Waals surface area contributed by atoms with Crippen LogP contribution in [0.15, 0.2) is 29.2 Å². The van der Waals surface area contributed by atoms with Gasteiger partial charge in [0.05, 0.1) is 12.1 Å². The van der Waals surface area contributed by atoms with Gasteiger partial charge in [0, 0.05) is 18.1 Å². The number of benzene rings is 1. The molecule has 7 nitrogen and oxygen atoms in total. The Hall–Kier alpha value is -1.90. The zero-order valence-corrected chi connectivity index (χ0v) is 19.4. The van der Waals surface area contributed by atoms with Gasteiger partial charge >= 0.3 is 0 Å². The van der Waals surface area contributed by atoms with Gasteiger partial charge in [0.15, 0.2) is 11.8 Å². The zero-order chi connectivity index (χ0) is 21.9. The monoisotopic (exact) mass is 474 g/mol. The van der Waals surface area contributed by atoms with Crippen molar-refractivity contribution in [3.05, 3.63) is 34.9 Å². The van der Waals surface area contributed by atoms with Crippen molar-refractivity contribution in [1.29, 1.82) is 0 Å². The molecule has 0 spiro atoms. The highest BCUT2D eigenvalue weighted by Gasteiger charge is 2.44. The summed E-state index contributed by atoms with van der Waals surface area (Å²) in [5.74, 6) is 3.31. The Morgan fingerprint density at radius 1 is 1.19 bits per heavy atom. The molecule has 3 fully saturated rings. The third-order valence-corrected chi connectivity index (χ3v) is 9.13. The van der Waals surface area contributed by atoms with Crippen LogP contribution < -0.4 is 15.0 Å². The number of aromatic nitrogens is 2. The lowest BCUT2D eigenvalue weighted by Gasteiger charge is -2.42. The van der Waals surface area contributed by atoms with Crippen molar-refractivity contribution < 1.29 is 14.1 Å². The Bertz CT molecular complexity index is 1040. The number of aliphatic hydroxyl groups excluding tert-OH is 1. The van der Waals surface area contributed by atoms with Crippen LogP contribution in [0.2, 0.25) is 5.02 Å². The molecular weight excluding hydrogens is 448 g/mol. The maximum Gasteiger partial charge on any atom is 0.238 e. The molecule has 2 saturated carbocycles. The van der Waals surface area contributed by atoms with E-state index in [-0.39, 0.29) is 18.1 Å². The highest BCUT2D eigenvalue weighted by Crippen LogP contribution is 2.49. The Morgan fingerprint density at radius 2 is 1.91 bits per heavy atom. The SMILES string of the molecule is O=[S@@]1COc2nc(N3CC4CCC(C3)C4c3ccc(Cl)cc3)nc(NC3(CO)CCC3)c21. The lowest BCUT2D eigenvalue weighted by molar-refractivity contribution is 0.143. The first kappa shape index (κ1) is 20.7. The molecule has 2 bridgehead atoms. The molecular formula is C23H27ClN4O3S. The molecule has 2 unspecified atom stereocenters. The van der Waals surface area contributed by atoms with Gasteiger partial charge in [-0.25, -0.2) is 0 Å². The minimum Gasteiger partial charge on any atom is -0.463 e. The standard InChI is InChI=1S/C23H27ClN4O3S/c24-17-6-4-14(5-7-17)18-15-2-3-16(18)11-28(10-15)22-25-20(27-23(12-29)8-1-9-23)19-21(26-22)31-13-32(19)30/h4-7,15-16,18,29H,1-3,8-13H2,(H,25,26,27)/t15?,16?,18?,32-/m1/s1. The second-order valence-corrected chi connectivity index (χ2v) is 11.4. The number of ether oxygens (including phenoxy) is 1. The van der Waals surface area contributed by atoms with E-state index in [2.05, 4.69) is 27.3 Å². The van der Waals surface area contributed by atoms with Crippen LogP contribution in [0.4, 0.5) is 11.8 Å². The number of anilines is 2. The first-order valence-electron chi connectivity index (χ1n) is 11.4. The first-order valence-corrected chi connectivity index (χ1v) is 13.1. The van der Waals surface area contributed by atoms with Gasteiger partial charge in [0.25, 0.3) is 0 Å². The van der Waals surface area contributed by atoms with Crippen LogP contribution in [-0.2, 0) is 10.8 Å². The summed E-state index contributed by atoms with van der Waals surface area (Å²) in [6.45, 7) is 1.80. The predicted molar refractivity (Wildman–Crippen MR) is 124 cm³/mol. The molecule has 32 heavy (non-hydrogen) atoms. The van der Waals surface area contributed by atoms with Gasteiger partial charge in [-0.1, -0.05) is 23.7 Å². The molecule has 1 aromatic carbocycles.